The van der Waals surface area contributed by atoms with E-state index < -0.39 is 0 Å². The van der Waals surface area contributed by atoms with Crippen molar-refractivity contribution >= 4 is 33.2 Å². The number of hydrogen-bond acceptors (Lipinski definition) is 7. The fourth-order valence-electron chi connectivity index (χ4n) is 4.56. The van der Waals surface area contributed by atoms with E-state index in [4.69, 9.17) is 10.1 Å². The van der Waals surface area contributed by atoms with Crippen molar-refractivity contribution in [3.63, 3.8) is 0 Å². The summed E-state index contributed by atoms with van der Waals surface area (Å²) in [7, 11) is 1.86. The first kappa shape index (κ1) is 26.3. The van der Waals surface area contributed by atoms with Crippen molar-refractivity contribution in [1.29, 1.82) is 0 Å². The van der Waals surface area contributed by atoms with Crippen molar-refractivity contribution in [1.82, 2.24) is 24.8 Å². The van der Waals surface area contributed by atoms with E-state index in [1.807, 2.05) is 18.0 Å². The monoisotopic (exact) mass is 515 g/mol. The van der Waals surface area contributed by atoms with Crippen molar-refractivity contribution < 1.29 is 9.18 Å². The Labute approximate surface area is 216 Å². The molecule has 36 heavy (non-hydrogen) atoms. The summed E-state index contributed by atoms with van der Waals surface area (Å²) in [5.74, 6) is 1.14. The van der Waals surface area contributed by atoms with Crippen LogP contribution in [0.15, 0.2) is 24.3 Å². The molecule has 0 spiro atoms. The van der Waals surface area contributed by atoms with E-state index in [9.17, 15) is 9.18 Å². The average molecular weight is 516 g/mol. The Kier molecular flexibility index (Phi) is 8.14. The van der Waals surface area contributed by atoms with Gasteiger partial charge in [-0.05, 0) is 71.2 Å². The van der Waals surface area contributed by atoms with Crippen molar-refractivity contribution in [3.05, 3.63) is 30.1 Å². The number of carbonyl (C=O) groups is 1. The molecule has 1 saturated heterocycles. The summed E-state index contributed by atoms with van der Waals surface area (Å²) < 4.78 is 15.7. The number of halogens is 1. The van der Waals surface area contributed by atoms with Crippen LogP contribution in [0.3, 0.4) is 0 Å². The number of nitrogens with one attached hydrogen (secondary N) is 2. The number of aromatic nitrogens is 3. The minimum absolute atomic E-state index is 0.0224. The minimum Gasteiger partial charge on any atom is -0.364 e. The van der Waals surface area contributed by atoms with Crippen LogP contribution in [0.4, 0.5) is 15.3 Å². The van der Waals surface area contributed by atoms with E-state index in [1.165, 1.54) is 42.9 Å². The molecular formula is C26H38FN7OS. The molecule has 4 rings (SSSR count). The Morgan fingerprint density at radius 2 is 2.14 bits per heavy atom. The maximum absolute atomic E-state index is 13.9. The number of rotatable bonds is 9. The van der Waals surface area contributed by atoms with Crippen LogP contribution in [-0.4, -0.2) is 70.7 Å². The predicted octanol–water partition coefficient (Wildman–Crippen LogP) is 4.48. The maximum atomic E-state index is 13.9. The fourth-order valence-corrected chi connectivity index (χ4v) is 5.42. The highest BCUT2D eigenvalue weighted by Crippen LogP contribution is 2.34. The van der Waals surface area contributed by atoms with Gasteiger partial charge in [-0.15, -0.1) is 5.10 Å². The van der Waals surface area contributed by atoms with Gasteiger partial charge in [0.05, 0.1) is 6.54 Å². The lowest BCUT2D eigenvalue weighted by atomic mass is 10.0. The highest BCUT2D eigenvalue weighted by Gasteiger charge is 2.23. The standard InChI is InChI=1S/C26H38FN7OS/c1-18-9-7-13-33(16-18)14-8-12-28-21(35)17-32(5)25-31-34-23(30-26(2,3)4)22(29-24(34)36-25)19-10-6-11-20(27)15-19/h6,10-11,15,18,30H,7-9,12-14,16-17H2,1-5H3,(H,28,35)/t18-/m1/s1. The molecule has 1 aliphatic rings. The molecule has 1 aromatic carbocycles. The largest absolute Gasteiger partial charge is 0.364 e. The third-order valence-corrected chi connectivity index (χ3v) is 7.23. The Morgan fingerprint density at radius 3 is 2.86 bits per heavy atom. The summed E-state index contributed by atoms with van der Waals surface area (Å²) in [4.78, 5) is 22.3. The summed E-state index contributed by atoms with van der Waals surface area (Å²) in [6.45, 7) is 12.7. The van der Waals surface area contributed by atoms with Crippen LogP contribution in [0.1, 0.15) is 47.0 Å². The molecule has 196 valence electrons. The van der Waals surface area contributed by atoms with Gasteiger partial charge in [0, 0.05) is 31.2 Å². The lowest BCUT2D eigenvalue weighted by Gasteiger charge is -2.30. The van der Waals surface area contributed by atoms with E-state index in [2.05, 4.69) is 43.2 Å². The molecular weight excluding hydrogens is 477 g/mol. The molecule has 0 radical (unpaired) electrons. The molecule has 1 fully saturated rings. The third-order valence-electron chi connectivity index (χ3n) is 6.21. The van der Waals surface area contributed by atoms with Crippen molar-refractivity contribution in [2.24, 2.45) is 5.92 Å². The summed E-state index contributed by atoms with van der Waals surface area (Å²) >= 11 is 1.40. The van der Waals surface area contributed by atoms with E-state index in [1.54, 1.807) is 10.6 Å². The van der Waals surface area contributed by atoms with Gasteiger partial charge in [0.25, 0.3) is 0 Å². The van der Waals surface area contributed by atoms with E-state index >= 15 is 0 Å². The highest BCUT2D eigenvalue weighted by atomic mass is 32.1. The second-order valence-electron chi connectivity index (χ2n) is 10.9. The number of benzene rings is 1. The van der Waals surface area contributed by atoms with Gasteiger partial charge in [0.2, 0.25) is 16.0 Å². The van der Waals surface area contributed by atoms with Crippen LogP contribution in [-0.2, 0) is 4.79 Å². The SMILES string of the molecule is C[C@@H]1CCCN(CCCNC(=O)CN(C)c2nn3c(NC(C)(C)C)c(-c4cccc(F)c4)nc3s2)C1. The fraction of sp³-hybridized carbons (Fsp3) is 0.577. The van der Waals surface area contributed by atoms with Gasteiger partial charge >= 0.3 is 0 Å². The van der Waals surface area contributed by atoms with Crippen molar-refractivity contribution in [3.8, 4) is 11.3 Å². The molecule has 10 heteroatoms. The second kappa shape index (κ2) is 11.1. The molecule has 2 N–H and O–H groups in total. The van der Waals surface area contributed by atoms with Crippen LogP contribution < -0.4 is 15.5 Å². The van der Waals surface area contributed by atoms with Gasteiger partial charge < -0.3 is 20.4 Å². The molecule has 3 heterocycles. The number of piperidine rings is 1. The van der Waals surface area contributed by atoms with Crippen LogP contribution in [0.5, 0.6) is 0 Å². The Hall–Kier alpha value is -2.72. The van der Waals surface area contributed by atoms with Gasteiger partial charge in [0.1, 0.15) is 11.5 Å². The normalized spacial score (nSPS) is 16.9. The molecule has 1 aliphatic heterocycles. The smallest absolute Gasteiger partial charge is 0.239 e. The topological polar surface area (TPSA) is 77.8 Å². The van der Waals surface area contributed by atoms with Gasteiger partial charge in [-0.2, -0.15) is 4.52 Å². The zero-order valence-electron chi connectivity index (χ0n) is 22.0. The minimum atomic E-state index is -0.310. The lowest BCUT2D eigenvalue weighted by molar-refractivity contribution is -0.119. The Morgan fingerprint density at radius 1 is 1.33 bits per heavy atom. The van der Waals surface area contributed by atoms with E-state index in [-0.39, 0.29) is 23.8 Å². The van der Waals surface area contributed by atoms with Crippen LogP contribution in [0.25, 0.3) is 16.2 Å². The van der Waals surface area contributed by atoms with Crippen LogP contribution in [0.2, 0.25) is 0 Å². The van der Waals surface area contributed by atoms with Crippen LogP contribution in [0, 0.1) is 11.7 Å². The maximum Gasteiger partial charge on any atom is 0.239 e. The Balaban J connectivity index is 1.40. The molecule has 1 atom stereocenters. The lowest BCUT2D eigenvalue weighted by Crippen LogP contribution is -2.38. The summed E-state index contributed by atoms with van der Waals surface area (Å²) in [5.41, 5.74) is 1.09. The first-order valence-electron chi connectivity index (χ1n) is 12.7. The molecule has 0 aliphatic carbocycles. The molecule has 0 saturated carbocycles. The number of fused-ring (bicyclic) bond motifs is 1. The second-order valence-corrected chi connectivity index (χ2v) is 11.8. The predicted molar refractivity (Wildman–Crippen MR) is 145 cm³/mol. The quantitative estimate of drug-likeness (QED) is 0.409. The van der Waals surface area contributed by atoms with Crippen LogP contribution >= 0.6 is 11.3 Å². The number of likely N-dealkylation sites (N-methyl/N-ethyl adjacent to an activating group) is 1. The number of hydrogen-bond donors (Lipinski definition) is 2. The first-order valence-corrected chi connectivity index (χ1v) is 13.5. The summed E-state index contributed by atoms with van der Waals surface area (Å²) in [5, 5.41) is 11.9. The van der Waals surface area contributed by atoms with Gasteiger partial charge in [-0.25, -0.2) is 9.37 Å². The molecule has 2 aromatic heterocycles. The summed E-state index contributed by atoms with van der Waals surface area (Å²) in [6, 6.07) is 6.41. The molecule has 8 nitrogen and oxygen atoms in total. The number of anilines is 2. The van der Waals surface area contributed by atoms with E-state index in [0.29, 0.717) is 33.7 Å². The average Bonchev–Trinajstić information content (AvgIpc) is 3.35. The van der Waals surface area contributed by atoms with Crippen molar-refractivity contribution in [2.45, 2.75) is 52.5 Å². The first-order chi connectivity index (χ1) is 17.1. The number of imidazole rings is 1. The zero-order valence-corrected chi connectivity index (χ0v) is 22.8. The molecule has 1 amide bonds. The van der Waals surface area contributed by atoms with Gasteiger partial charge in [-0.3, -0.25) is 4.79 Å². The summed E-state index contributed by atoms with van der Waals surface area (Å²) in [6.07, 6.45) is 3.55. The molecule has 0 bridgehead atoms. The third kappa shape index (κ3) is 6.73. The number of amides is 1. The van der Waals surface area contributed by atoms with E-state index in [0.717, 1.165) is 25.4 Å². The van der Waals surface area contributed by atoms with Gasteiger partial charge in [-0.1, -0.05) is 30.4 Å². The Bertz CT molecular complexity index is 1180. The van der Waals surface area contributed by atoms with Gasteiger partial charge in [0.15, 0.2) is 5.82 Å². The number of nitrogens with zero attached hydrogens (tertiary/aromatic N) is 5. The number of likely N-dealkylation sites (tertiary alicyclic amines) is 1. The van der Waals surface area contributed by atoms with Crippen molar-refractivity contribution in [2.75, 3.05) is 50.0 Å². The number of carbonyl (C=O) groups excluding carboxylic acids is 1. The molecule has 3 aromatic rings. The highest BCUT2D eigenvalue weighted by molar-refractivity contribution is 7.20. The molecule has 0 unspecified atom stereocenters. The zero-order chi connectivity index (χ0) is 25.9.